The standard InChI is InChI=1S/C18H19N3OS/c1-12-6-5-7-14(10-12)19-17(22)11-23-13(2)18-20-15-8-3-4-9-16(15)21-18/h3-10,13H,11H2,1-2H3,(H,19,22)(H,20,21)/t13-/m0/s1. The van der Waals surface area contributed by atoms with Crippen LogP contribution in [-0.2, 0) is 4.79 Å². The van der Waals surface area contributed by atoms with E-state index in [9.17, 15) is 4.79 Å². The van der Waals surface area contributed by atoms with Crippen molar-refractivity contribution in [1.29, 1.82) is 0 Å². The van der Waals surface area contributed by atoms with Crippen LogP contribution in [0.4, 0.5) is 5.69 Å². The van der Waals surface area contributed by atoms with Crippen molar-refractivity contribution in [2.24, 2.45) is 0 Å². The van der Waals surface area contributed by atoms with Gasteiger partial charge in [-0.15, -0.1) is 11.8 Å². The second-order valence-electron chi connectivity index (χ2n) is 5.51. The molecule has 4 nitrogen and oxygen atoms in total. The summed E-state index contributed by atoms with van der Waals surface area (Å²) >= 11 is 1.57. The molecule has 2 N–H and O–H groups in total. The van der Waals surface area contributed by atoms with Crippen LogP contribution in [-0.4, -0.2) is 21.6 Å². The van der Waals surface area contributed by atoms with Gasteiger partial charge in [0.2, 0.25) is 5.91 Å². The number of imidazole rings is 1. The lowest BCUT2D eigenvalue weighted by atomic mass is 10.2. The lowest BCUT2D eigenvalue weighted by Crippen LogP contribution is -2.14. The first-order valence-corrected chi connectivity index (χ1v) is 8.59. The number of anilines is 1. The van der Waals surface area contributed by atoms with Crippen molar-refractivity contribution in [3.63, 3.8) is 0 Å². The van der Waals surface area contributed by atoms with Crippen molar-refractivity contribution in [3.05, 3.63) is 59.9 Å². The highest BCUT2D eigenvalue weighted by atomic mass is 32.2. The number of para-hydroxylation sites is 2. The van der Waals surface area contributed by atoms with Gasteiger partial charge in [0, 0.05) is 5.69 Å². The fraction of sp³-hybridized carbons (Fsp3) is 0.222. The summed E-state index contributed by atoms with van der Waals surface area (Å²) in [7, 11) is 0. The summed E-state index contributed by atoms with van der Waals surface area (Å²) in [6.07, 6.45) is 0. The fourth-order valence-electron chi connectivity index (χ4n) is 2.36. The monoisotopic (exact) mass is 325 g/mol. The highest BCUT2D eigenvalue weighted by Gasteiger charge is 2.13. The topological polar surface area (TPSA) is 57.8 Å². The number of thioether (sulfide) groups is 1. The number of aryl methyl sites for hydroxylation is 1. The molecule has 0 saturated carbocycles. The molecule has 0 aliphatic heterocycles. The second-order valence-corrected chi connectivity index (χ2v) is 6.84. The zero-order valence-electron chi connectivity index (χ0n) is 13.2. The molecule has 0 bridgehead atoms. The molecule has 3 aromatic rings. The quantitative estimate of drug-likeness (QED) is 0.735. The van der Waals surface area contributed by atoms with Crippen molar-refractivity contribution in [2.75, 3.05) is 11.1 Å². The summed E-state index contributed by atoms with van der Waals surface area (Å²) in [6.45, 7) is 4.07. The average Bonchev–Trinajstić information content (AvgIpc) is 2.97. The zero-order chi connectivity index (χ0) is 16.2. The molecule has 0 aliphatic carbocycles. The molecule has 0 fully saturated rings. The Kier molecular flexibility index (Phi) is 4.67. The zero-order valence-corrected chi connectivity index (χ0v) is 14.0. The van der Waals surface area contributed by atoms with Gasteiger partial charge in [0.1, 0.15) is 5.82 Å². The summed E-state index contributed by atoms with van der Waals surface area (Å²) in [4.78, 5) is 20.0. The molecule has 2 aromatic carbocycles. The third-order valence-electron chi connectivity index (χ3n) is 3.56. The molecule has 0 spiro atoms. The average molecular weight is 325 g/mol. The van der Waals surface area contributed by atoms with E-state index < -0.39 is 0 Å². The number of H-pyrrole nitrogens is 1. The van der Waals surface area contributed by atoms with Crippen LogP contribution < -0.4 is 5.32 Å². The molecule has 1 heterocycles. The number of fused-ring (bicyclic) bond motifs is 1. The molecule has 118 valence electrons. The number of carbonyl (C=O) groups excluding carboxylic acids is 1. The highest BCUT2D eigenvalue weighted by Crippen LogP contribution is 2.27. The van der Waals surface area contributed by atoms with Gasteiger partial charge in [-0.3, -0.25) is 4.79 Å². The van der Waals surface area contributed by atoms with Gasteiger partial charge >= 0.3 is 0 Å². The summed E-state index contributed by atoms with van der Waals surface area (Å²) in [5.74, 6) is 1.30. The Balaban J connectivity index is 1.57. The van der Waals surface area contributed by atoms with Gasteiger partial charge in [-0.05, 0) is 43.7 Å². The number of nitrogens with zero attached hydrogens (tertiary/aromatic N) is 1. The Bertz CT molecular complexity index is 795. The van der Waals surface area contributed by atoms with Gasteiger partial charge in [-0.25, -0.2) is 4.98 Å². The molecule has 3 rings (SSSR count). The van der Waals surface area contributed by atoms with Crippen molar-refractivity contribution in [2.45, 2.75) is 19.1 Å². The first-order chi connectivity index (χ1) is 11.1. The molecule has 0 aliphatic rings. The van der Waals surface area contributed by atoms with E-state index in [4.69, 9.17) is 0 Å². The molecule has 1 aromatic heterocycles. The van der Waals surface area contributed by atoms with Crippen molar-refractivity contribution in [3.8, 4) is 0 Å². The van der Waals surface area contributed by atoms with E-state index in [0.29, 0.717) is 5.75 Å². The molecule has 0 saturated heterocycles. The SMILES string of the molecule is Cc1cccc(NC(=O)CS[C@@H](C)c2nc3ccccc3[nH]2)c1. The Morgan fingerprint density at radius 2 is 2.09 bits per heavy atom. The maximum atomic E-state index is 12.1. The second kappa shape index (κ2) is 6.87. The van der Waals surface area contributed by atoms with Gasteiger partial charge in [0.05, 0.1) is 22.0 Å². The molecule has 0 radical (unpaired) electrons. The number of aromatic nitrogens is 2. The Morgan fingerprint density at radius 1 is 1.26 bits per heavy atom. The Morgan fingerprint density at radius 3 is 2.87 bits per heavy atom. The number of benzene rings is 2. The normalized spacial score (nSPS) is 12.3. The number of carbonyl (C=O) groups is 1. The molecular weight excluding hydrogens is 306 g/mol. The summed E-state index contributed by atoms with van der Waals surface area (Å²) in [5, 5.41) is 3.06. The third-order valence-corrected chi connectivity index (χ3v) is 4.71. The minimum absolute atomic E-state index is 0.00330. The van der Waals surface area contributed by atoms with Crippen LogP contribution in [0.1, 0.15) is 23.6 Å². The van der Waals surface area contributed by atoms with Crippen molar-refractivity contribution < 1.29 is 4.79 Å². The Labute approximate surface area is 139 Å². The minimum atomic E-state index is 0.00330. The predicted molar refractivity (Wildman–Crippen MR) is 96.8 cm³/mol. The van der Waals surface area contributed by atoms with Crippen LogP contribution in [0.25, 0.3) is 11.0 Å². The van der Waals surface area contributed by atoms with Crippen LogP contribution in [0.3, 0.4) is 0 Å². The molecule has 5 heteroatoms. The number of rotatable bonds is 5. The Hall–Kier alpha value is -2.27. The maximum absolute atomic E-state index is 12.1. The molecule has 0 unspecified atom stereocenters. The van der Waals surface area contributed by atoms with Crippen molar-refractivity contribution >= 4 is 34.4 Å². The predicted octanol–water partition coefficient (Wildman–Crippen LogP) is 4.30. The third kappa shape index (κ3) is 3.93. The lowest BCUT2D eigenvalue weighted by Gasteiger charge is -2.09. The van der Waals surface area contributed by atoms with E-state index in [1.807, 2.05) is 55.5 Å². The van der Waals surface area contributed by atoms with Crippen LogP contribution >= 0.6 is 11.8 Å². The van der Waals surface area contributed by atoms with Gasteiger partial charge in [0.25, 0.3) is 0 Å². The number of hydrogen-bond acceptors (Lipinski definition) is 3. The van der Waals surface area contributed by atoms with E-state index in [0.717, 1.165) is 28.1 Å². The van der Waals surface area contributed by atoms with E-state index in [1.54, 1.807) is 11.8 Å². The number of amides is 1. The van der Waals surface area contributed by atoms with E-state index in [-0.39, 0.29) is 11.2 Å². The summed E-state index contributed by atoms with van der Waals surface area (Å²) in [5.41, 5.74) is 3.96. The number of hydrogen-bond donors (Lipinski definition) is 2. The van der Waals surface area contributed by atoms with Crippen LogP contribution in [0.2, 0.25) is 0 Å². The summed E-state index contributed by atoms with van der Waals surface area (Å²) < 4.78 is 0. The van der Waals surface area contributed by atoms with E-state index in [1.165, 1.54) is 0 Å². The van der Waals surface area contributed by atoms with E-state index >= 15 is 0 Å². The van der Waals surface area contributed by atoms with E-state index in [2.05, 4.69) is 22.2 Å². The molecule has 1 amide bonds. The fourth-order valence-corrected chi connectivity index (χ4v) is 3.11. The van der Waals surface area contributed by atoms with Crippen LogP contribution in [0, 0.1) is 6.92 Å². The lowest BCUT2D eigenvalue weighted by molar-refractivity contribution is -0.113. The highest BCUT2D eigenvalue weighted by molar-refractivity contribution is 8.00. The summed E-state index contributed by atoms with van der Waals surface area (Å²) in [6, 6.07) is 15.8. The van der Waals surface area contributed by atoms with Crippen LogP contribution in [0.5, 0.6) is 0 Å². The number of nitrogens with one attached hydrogen (secondary N) is 2. The minimum Gasteiger partial charge on any atom is -0.341 e. The van der Waals surface area contributed by atoms with Gasteiger partial charge in [0.15, 0.2) is 0 Å². The maximum Gasteiger partial charge on any atom is 0.234 e. The first-order valence-electron chi connectivity index (χ1n) is 7.54. The molecule has 1 atom stereocenters. The molecule has 23 heavy (non-hydrogen) atoms. The smallest absolute Gasteiger partial charge is 0.234 e. The largest absolute Gasteiger partial charge is 0.341 e. The van der Waals surface area contributed by atoms with Gasteiger partial charge < -0.3 is 10.3 Å². The van der Waals surface area contributed by atoms with Crippen LogP contribution in [0.15, 0.2) is 48.5 Å². The van der Waals surface area contributed by atoms with Gasteiger partial charge in [-0.1, -0.05) is 24.3 Å². The number of aromatic amines is 1. The molecular formula is C18H19N3OS. The van der Waals surface area contributed by atoms with Gasteiger partial charge in [-0.2, -0.15) is 0 Å². The first kappa shape index (κ1) is 15.6. The van der Waals surface area contributed by atoms with Crippen molar-refractivity contribution in [1.82, 2.24) is 9.97 Å².